The van der Waals surface area contributed by atoms with Gasteiger partial charge in [0.15, 0.2) is 0 Å². The Morgan fingerprint density at radius 1 is 0.947 bits per heavy atom. The van der Waals surface area contributed by atoms with Gasteiger partial charge in [0.1, 0.15) is 5.75 Å². The van der Waals surface area contributed by atoms with E-state index in [2.05, 4.69) is 15.9 Å². The molecule has 0 radical (unpaired) electrons. The zero-order valence-corrected chi connectivity index (χ0v) is 12.7. The Kier molecular flexibility index (Phi) is 4.86. The second kappa shape index (κ2) is 6.42. The molecule has 2 aromatic rings. The molecular formula is C14H9BrCl2O2. The van der Waals surface area contributed by atoms with Crippen molar-refractivity contribution in [3.63, 3.8) is 0 Å². The van der Waals surface area contributed by atoms with Crippen molar-refractivity contribution < 1.29 is 9.53 Å². The predicted octanol–water partition coefficient (Wildman–Crippen LogP) is 4.98. The number of alkyl halides is 1. The Morgan fingerprint density at radius 3 is 1.95 bits per heavy atom. The first-order valence-electron chi connectivity index (χ1n) is 5.42. The molecule has 5 heteroatoms. The Hall–Kier alpha value is -1.03. The predicted molar refractivity (Wildman–Crippen MR) is 80.6 cm³/mol. The minimum atomic E-state index is -0.755. The molecule has 0 fully saturated rings. The normalized spacial score (nSPS) is 11.9. The summed E-state index contributed by atoms with van der Waals surface area (Å²) in [7, 11) is 0. The third kappa shape index (κ3) is 3.96. The van der Waals surface area contributed by atoms with E-state index < -0.39 is 5.01 Å². The van der Waals surface area contributed by atoms with Gasteiger partial charge in [-0.05, 0) is 64.5 Å². The highest BCUT2D eigenvalue weighted by Gasteiger charge is 2.18. The van der Waals surface area contributed by atoms with Crippen molar-refractivity contribution in [3.05, 3.63) is 64.1 Å². The lowest BCUT2D eigenvalue weighted by Crippen LogP contribution is -2.20. The van der Waals surface area contributed by atoms with Crippen molar-refractivity contribution in [2.75, 3.05) is 0 Å². The van der Waals surface area contributed by atoms with Crippen molar-refractivity contribution in [1.29, 1.82) is 0 Å². The number of benzene rings is 2. The van der Waals surface area contributed by atoms with Gasteiger partial charge in [0.2, 0.25) is 10.8 Å². The minimum absolute atomic E-state index is 0.174. The molecule has 0 spiro atoms. The molecule has 0 N–H and O–H groups in total. The molecular weight excluding hydrogens is 351 g/mol. The van der Waals surface area contributed by atoms with Gasteiger partial charge in [-0.2, -0.15) is 0 Å². The molecule has 0 aliphatic rings. The summed E-state index contributed by atoms with van der Waals surface area (Å²) < 4.78 is 5.49. The van der Waals surface area contributed by atoms with E-state index in [1.807, 2.05) is 0 Å². The Bertz CT molecular complexity index is 567. The van der Waals surface area contributed by atoms with Crippen LogP contribution in [-0.2, 0) is 0 Å². The molecule has 19 heavy (non-hydrogen) atoms. The number of carbonyl (C=O) groups is 1. The smallest absolute Gasteiger partial charge is 0.215 e. The van der Waals surface area contributed by atoms with Crippen LogP contribution in [0.2, 0.25) is 10.0 Å². The van der Waals surface area contributed by atoms with Crippen molar-refractivity contribution in [3.8, 4) is 5.75 Å². The maximum Gasteiger partial charge on any atom is 0.215 e. The fourth-order valence-corrected chi connectivity index (χ4v) is 2.16. The van der Waals surface area contributed by atoms with E-state index in [0.29, 0.717) is 21.4 Å². The summed E-state index contributed by atoms with van der Waals surface area (Å²) in [5.74, 6) is 0.389. The van der Waals surface area contributed by atoms with Gasteiger partial charge in [0.05, 0.1) is 0 Å². The summed E-state index contributed by atoms with van der Waals surface area (Å²) in [6.07, 6.45) is 0. The molecule has 2 rings (SSSR count). The van der Waals surface area contributed by atoms with Gasteiger partial charge >= 0.3 is 0 Å². The summed E-state index contributed by atoms with van der Waals surface area (Å²) >= 11 is 14.8. The number of ether oxygens (including phenoxy) is 1. The zero-order valence-electron chi connectivity index (χ0n) is 9.65. The number of hydrogen-bond donors (Lipinski definition) is 0. The monoisotopic (exact) mass is 358 g/mol. The van der Waals surface area contributed by atoms with Gasteiger partial charge < -0.3 is 4.74 Å². The fraction of sp³-hybridized carbons (Fsp3) is 0.0714. The van der Waals surface area contributed by atoms with Crippen LogP contribution in [0.5, 0.6) is 5.75 Å². The highest BCUT2D eigenvalue weighted by Crippen LogP contribution is 2.21. The largest absolute Gasteiger partial charge is 0.471 e. The molecule has 1 atom stereocenters. The maximum atomic E-state index is 12.1. The molecule has 0 aromatic heterocycles. The van der Waals surface area contributed by atoms with Crippen molar-refractivity contribution in [1.82, 2.24) is 0 Å². The lowest BCUT2D eigenvalue weighted by molar-refractivity contribution is 0.0897. The summed E-state index contributed by atoms with van der Waals surface area (Å²) in [4.78, 5) is 12.1. The number of halogens is 3. The molecule has 1 unspecified atom stereocenters. The van der Waals surface area contributed by atoms with Crippen LogP contribution >= 0.6 is 39.1 Å². The van der Waals surface area contributed by atoms with Gasteiger partial charge in [-0.15, -0.1) is 0 Å². The molecule has 0 aliphatic carbocycles. The molecule has 98 valence electrons. The summed E-state index contributed by atoms with van der Waals surface area (Å²) in [5, 5.41) is 0.443. The zero-order chi connectivity index (χ0) is 13.8. The maximum absolute atomic E-state index is 12.1. The lowest BCUT2D eigenvalue weighted by atomic mass is 10.1. The highest BCUT2D eigenvalue weighted by molar-refractivity contribution is 9.09. The molecule has 0 heterocycles. The van der Waals surface area contributed by atoms with Gasteiger partial charge in [-0.1, -0.05) is 23.2 Å². The van der Waals surface area contributed by atoms with Crippen LogP contribution in [0, 0.1) is 0 Å². The first-order valence-corrected chi connectivity index (χ1v) is 7.09. The molecule has 2 nitrogen and oxygen atoms in total. The van der Waals surface area contributed by atoms with E-state index in [1.165, 1.54) is 0 Å². The van der Waals surface area contributed by atoms with E-state index in [9.17, 15) is 4.79 Å². The molecule has 0 aliphatic heterocycles. The molecule has 0 saturated carbocycles. The summed E-state index contributed by atoms with van der Waals surface area (Å²) in [5.41, 5.74) is 0.528. The van der Waals surface area contributed by atoms with Crippen molar-refractivity contribution in [2.24, 2.45) is 0 Å². The van der Waals surface area contributed by atoms with Crippen LogP contribution < -0.4 is 4.74 Å². The molecule has 0 bridgehead atoms. The van der Waals surface area contributed by atoms with E-state index in [4.69, 9.17) is 27.9 Å². The van der Waals surface area contributed by atoms with Crippen molar-refractivity contribution >= 4 is 44.9 Å². The first-order chi connectivity index (χ1) is 9.06. The third-order valence-electron chi connectivity index (χ3n) is 2.39. The Labute approximate surface area is 129 Å². The number of ketones is 1. The second-order valence-electron chi connectivity index (χ2n) is 3.76. The number of Topliss-reactive ketones (excluding diaryl/α,β-unsaturated/α-hetero) is 1. The third-order valence-corrected chi connectivity index (χ3v) is 3.49. The quantitative estimate of drug-likeness (QED) is 0.568. The average Bonchev–Trinajstić information content (AvgIpc) is 2.41. The Balaban J connectivity index is 2.07. The second-order valence-corrected chi connectivity index (χ2v) is 5.46. The van der Waals surface area contributed by atoms with Crippen LogP contribution in [0.4, 0.5) is 0 Å². The molecule has 2 aromatic carbocycles. The van der Waals surface area contributed by atoms with Crippen LogP contribution in [0.3, 0.4) is 0 Å². The topological polar surface area (TPSA) is 26.3 Å². The van der Waals surface area contributed by atoms with E-state index in [0.717, 1.165) is 0 Å². The average molecular weight is 360 g/mol. The van der Waals surface area contributed by atoms with E-state index >= 15 is 0 Å². The number of hydrogen-bond acceptors (Lipinski definition) is 2. The number of rotatable bonds is 4. The SMILES string of the molecule is O=C(c1ccc(Cl)cc1)C(Br)Oc1ccc(Cl)cc1. The van der Waals surface area contributed by atoms with E-state index in [1.54, 1.807) is 48.5 Å². The highest BCUT2D eigenvalue weighted by atomic mass is 79.9. The Morgan fingerprint density at radius 2 is 1.42 bits per heavy atom. The van der Waals surface area contributed by atoms with Gasteiger partial charge in [0.25, 0.3) is 0 Å². The lowest BCUT2D eigenvalue weighted by Gasteiger charge is -2.12. The van der Waals surface area contributed by atoms with Gasteiger partial charge in [0, 0.05) is 15.6 Å². The van der Waals surface area contributed by atoms with E-state index in [-0.39, 0.29) is 5.78 Å². The summed E-state index contributed by atoms with van der Waals surface area (Å²) in [6, 6.07) is 13.4. The van der Waals surface area contributed by atoms with Crippen LogP contribution in [-0.4, -0.2) is 10.8 Å². The molecule has 0 saturated heterocycles. The van der Waals surface area contributed by atoms with Crippen LogP contribution in [0.1, 0.15) is 10.4 Å². The minimum Gasteiger partial charge on any atom is -0.471 e. The van der Waals surface area contributed by atoms with Gasteiger partial charge in [-0.25, -0.2) is 0 Å². The van der Waals surface area contributed by atoms with Gasteiger partial charge in [-0.3, -0.25) is 4.79 Å². The fourth-order valence-electron chi connectivity index (χ4n) is 1.43. The first kappa shape index (κ1) is 14.4. The number of carbonyl (C=O) groups excluding carboxylic acids is 1. The van der Waals surface area contributed by atoms with Crippen LogP contribution in [0.25, 0.3) is 0 Å². The van der Waals surface area contributed by atoms with Crippen LogP contribution in [0.15, 0.2) is 48.5 Å². The van der Waals surface area contributed by atoms with Crippen molar-refractivity contribution in [2.45, 2.75) is 5.01 Å². The molecule has 0 amide bonds. The summed E-state index contributed by atoms with van der Waals surface area (Å²) in [6.45, 7) is 0. The standard InChI is InChI=1S/C14H9BrCl2O2/c15-14(19-12-7-5-11(17)6-8-12)13(18)9-1-3-10(16)4-2-9/h1-8,14H.